The Kier molecular flexibility index (Phi) is 3.05. The maximum atomic E-state index is 12.8. The second kappa shape index (κ2) is 5.21. The van der Waals surface area contributed by atoms with Gasteiger partial charge < -0.3 is 9.77 Å². The Morgan fingerprint density at radius 3 is 2.43 bits per heavy atom. The van der Waals surface area contributed by atoms with Gasteiger partial charge in [-0.15, -0.1) is 0 Å². The molecule has 112 valence electrons. The minimum absolute atomic E-state index is 0.101. The van der Waals surface area contributed by atoms with Gasteiger partial charge in [0.2, 0.25) is 5.78 Å². The number of aromatic nitrogens is 2. The minimum Gasteiger partial charge on any atom is -0.410 e. The van der Waals surface area contributed by atoms with Crippen LogP contribution in [0.1, 0.15) is 32.9 Å². The Morgan fingerprint density at radius 1 is 1.00 bits per heavy atom. The highest BCUT2D eigenvalue weighted by molar-refractivity contribution is 6.28. The molecule has 23 heavy (non-hydrogen) atoms. The van der Waals surface area contributed by atoms with Crippen LogP contribution in [-0.2, 0) is 6.54 Å². The molecule has 3 aromatic rings. The minimum atomic E-state index is -0.101. The first kappa shape index (κ1) is 13.5. The lowest BCUT2D eigenvalue weighted by Gasteiger charge is -2.17. The number of carbonyl (C=O) groups excluding carboxylic acids is 1. The quantitative estimate of drug-likeness (QED) is 0.457. The molecule has 0 spiro atoms. The zero-order valence-electron chi connectivity index (χ0n) is 12.2. The first-order chi connectivity index (χ1) is 11.3. The first-order valence-electron chi connectivity index (χ1n) is 7.25. The number of ketones is 1. The largest absolute Gasteiger partial charge is 0.410 e. The third-order valence-corrected chi connectivity index (χ3v) is 4.00. The van der Waals surface area contributed by atoms with E-state index in [0.717, 1.165) is 5.56 Å². The highest BCUT2D eigenvalue weighted by Crippen LogP contribution is 2.27. The fraction of sp³-hybridized carbons (Fsp3) is 0.0556. The topological polar surface area (TPSA) is 67.5 Å². The second-order valence-corrected chi connectivity index (χ2v) is 5.38. The van der Waals surface area contributed by atoms with Crippen molar-refractivity contribution in [1.82, 2.24) is 9.55 Å². The fourth-order valence-corrected chi connectivity index (χ4v) is 2.94. The van der Waals surface area contributed by atoms with Gasteiger partial charge in [0.1, 0.15) is 17.1 Å². The summed E-state index contributed by atoms with van der Waals surface area (Å²) >= 11 is 0. The molecule has 0 atom stereocenters. The number of fused-ring (bicyclic) bond motifs is 2. The van der Waals surface area contributed by atoms with Crippen LogP contribution in [0.3, 0.4) is 0 Å². The number of hydrogen-bond acceptors (Lipinski definition) is 4. The molecule has 0 bridgehead atoms. The maximum Gasteiger partial charge on any atom is 0.212 e. The fourth-order valence-electron chi connectivity index (χ4n) is 2.94. The first-order valence-corrected chi connectivity index (χ1v) is 7.25. The van der Waals surface area contributed by atoms with E-state index in [1.807, 2.05) is 36.4 Å². The van der Waals surface area contributed by atoms with E-state index in [4.69, 9.17) is 0 Å². The Hall–Kier alpha value is -3.21. The van der Waals surface area contributed by atoms with Gasteiger partial charge in [-0.1, -0.05) is 59.8 Å². The number of carbonyl (C=O) groups is 1. The van der Waals surface area contributed by atoms with Crippen LogP contribution in [0.25, 0.3) is 0 Å². The lowest BCUT2D eigenvalue weighted by Crippen LogP contribution is -2.24. The molecule has 0 unspecified atom stereocenters. The lowest BCUT2D eigenvalue weighted by molar-refractivity contribution is 0.102. The summed E-state index contributed by atoms with van der Waals surface area (Å²) in [6.07, 6.45) is 1.62. The SMILES string of the molecule is O=C1c2ccccc2C(=NO)c2ncn(Cc3ccccc3)c21. The zero-order chi connectivity index (χ0) is 15.8. The normalized spacial score (nSPS) is 14.6. The van der Waals surface area contributed by atoms with Crippen molar-refractivity contribution in [3.05, 3.63) is 89.0 Å². The molecule has 1 aliphatic carbocycles. The molecule has 1 heterocycles. The smallest absolute Gasteiger partial charge is 0.212 e. The average Bonchev–Trinajstić information content (AvgIpc) is 3.00. The van der Waals surface area contributed by atoms with Crippen LogP contribution in [0, 0.1) is 0 Å². The molecule has 0 saturated heterocycles. The third-order valence-electron chi connectivity index (χ3n) is 4.00. The van der Waals surface area contributed by atoms with Gasteiger partial charge >= 0.3 is 0 Å². The van der Waals surface area contributed by atoms with Crippen molar-refractivity contribution in [3.63, 3.8) is 0 Å². The Labute approximate surface area is 132 Å². The molecule has 1 aliphatic rings. The number of rotatable bonds is 2. The molecule has 0 saturated carbocycles. The molecule has 1 N–H and O–H groups in total. The summed E-state index contributed by atoms with van der Waals surface area (Å²) < 4.78 is 1.80. The van der Waals surface area contributed by atoms with Crippen molar-refractivity contribution in [3.8, 4) is 0 Å². The number of hydrogen-bond donors (Lipinski definition) is 1. The molecule has 0 radical (unpaired) electrons. The van der Waals surface area contributed by atoms with Crippen LogP contribution >= 0.6 is 0 Å². The summed E-state index contributed by atoms with van der Waals surface area (Å²) in [6, 6.07) is 17.0. The van der Waals surface area contributed by atoms with Crippen molar-refractivity contribution in [2.24, 2.45) is 5.16 Å². The molecule has 5 nitrogen and oxygen atoms in total. The molecular formula is C18H13N3O2. The van der Waals surface area contributed by atoms with E-state index < -0.39 is 0 Å². The van der Waals surface area contributed by atoms with E-state index in [9.17, 15) is 10.0 Å². The van der Waals surface area contributed by atoms with Gasteiger partial charge in [-0.3, -0.25) is 4.79 Å². The predicted octanol–water partition coefficient (Wildman–Crippen LogP) is 2.70. The van der Waals surface area contributed by atoms with Crippen LogP contribution in [-0.4, -0.2) is 26.3 Å². The van der Waals surface area contributed by atoms with Gasteiger partial charge in [0.25, 0.3) is 0 Å². The Bertz CT molecular complexity index is 926. The van der Waals surface area contributed by atoms with E-state index in [2.05, 4.69) is 10.1 Å². The zero-order valence-corrected chi connectivity index (χ0v) is 12.2. The van der Waals surface area contributed by atoms with Crippen LogP contribution in [0.5, 0.6) is 0 Å². The molecular weight excluding hydrogens is 290 g/mol. The molecule has 5 heteroatoms. The molecule has 0 fully saturated rings. The van der Waals surface area contributed by atoms with Crippen molar-refractivity contribution >= 4 is 11.5 Å². The highest BCUT2D eigenvalue weighted by atomic mass is 16.4. The number of nitrogens with zero attached hydrogens (tertiary/aromatic N) is 3. The summed E-state index contributed by atoms with van der Waals surface area (Å²) in [4.78, 5) is 17.1. The van der Waals surface area contributed by atoms with Gasteiger partial charge in [0, 0.05) is 17.7 Å². The lowest BCUT2D eigenvalue weighted by atomic mass is 9.89. The predicted molar refractivity (Wildman–Crippen MR) is 85.1 cm³/mol. The maximum absolute atomic E-state index is 12.8. The van der Waals surface area contributed by atoms with Crippen molar-refractivity contribution in [2.75, 3.05) is 0 Å². The van der Waals surface area contributed by atoms with Gasteiger partial charge in [0.15, 0.2) is 0 Å². The van der Waals surface area contributed by atoms with Gasteiger partial charge in [-0.25, -0.2) is 4.98 Å². The molecule has 2 aromatic carbocycles. The van der Waals surface area contributed by atoms with Crippen molar-refractivity contribution < 1.29 is 10.0 Å². The molecule has 4 rings (SSSR count). The number of oxime groups is 1. The third kappa shape index (κ3) is 2.05. The Morgan fingerprint density at radius 2 is 1.70 bits per heavy atom. The standard InChI is InChI=1S/C18H13N3O2/c22-18-14-9-5-4-8-13(14)15(20-23)16-17(18)21(11-19-16)10-12-6-2-1-3-7-12/h1-9,11,23H,10H2. The van der Waals surface area contributed by atoms with Crippen molar-refractivity contribution in [2.45, 2.75) is 6.54 Å². The van der Waals surface area contributed by atoms with Crippen LogP contribution in [0.2, 0.25) is 0 Å². The second-order valence-electron chi connectivity index (χ2n) is 5.38. The Balaban J connectivity index is 1.86. The summed E-state index contributed by atoms with van der Waals surface area (Å²) in [5, 5.41) is 12.8. The van der Waals surface area contributed by atoms with E-state index in [-0.39, 0.29) is 5.78 Å². The summed E-state index contributed by atoms with van der Waals surface area (Å²) in [6.45, 7) is 0.537. The highest BCUT2D eigenvalue weighted by Gasteiger charge is 2.32. The van der Waals surface area contributed by atoms with Crippen LogP contribution < -0.4 is 0 Å². The van der Waals surface area contributed by atoms with E-state index in [1.165, 1.54) is 0 Å². The average molecular weight is 303 g/mol. The van der Waals surface area contributed by atoms with Crippen molar-refractivity contribution in [1.29, 1.82) is 0 Å². The molecule has 0 amide bonds. The number of benzene rings is 2. The van der Waals surface area contributed by atoms with Crippen LogP contribution in [0.4, 0.5) is 0 Å². The van der Waals surface area contributed by atoms with E-state index >= 15 is 0 Å². The van der Waals surface area contributed by atoms with E-state index in [0.29, 0.717) is 34.8 Å². The van der Waals surface area contributed by atoms with Gasteiger partial charge in [-0.2, -0.15) is 0 Å². The van der Waals surface area contributed by atoms with Gasteiger partial charge in [-0.05, 0) is 5.56 Å². The van der Waals surface area contributed by atoms with Crippen LogP contribution in [0.15, 0.2) is 66.1 Å². The monoisotopic (exact) mass is 303 g/mol. The summed E-state index contributed by atoms with van der Waals surface area (Å²) in [5.41, 5.74) is 3.43. The van der Waals surface area contributed by atoms with E-state index in [1.54, 1.807) is 29.1 Å². The summed E-state index contributed by atoms with van der Waals surface area (Å²) in [7, 11) is 0. The molecule has 1 aromatic heterocycles. The molecule has 0 aliphatic heterocycles. The number of imidazole rings is 1. The van der Waals surface area contributed by atoms with Gasteiger partial charge in [0.05, 0.1) is 6.33 Å². The summed E-state index contributed by atoms with van der Waals surface area (Å²) in [5.74, 6) is -0.101.